The third-order valence-corrected chi connectivity index (χ3v) is 5.46. The number of carbonyl (C=O) groups is 2. The summed E-state index contributed by atoms with van der Waals surface area (Å²) < 4.78 is 11.8. The molecule has 0 unspecified atom stereocenters. The van der Waals surface area contributed by atoms with Crippen LogP contribution >= 0.6 is 12.2 Å². The molecule has 0 atom stereocenters. The van der Waals surface area contributed by atoms with Crippen molar-refractivity contribution in [2.24, 2.45) is 0 Å². The van der Waals surface area contributed by atoms with Crippen LogP contribution in [0.25, 0.3) is 6.08 Å². The Balaban J connectivity index is 1.61. The topological polar surface area (TPSA) is 67.9 Å². The Hall–Kier alpha value is -3.97. The molecule has 172 valence electrons. The van der Waals surface area contributed by atoms with Crippen molar-refractivity contribution in [3.05, 3.63) is 95.1 Å². The molecule has 3 aromatic carbocycles. The number of amides is 2. The van der Waals surface area contributed by atoms with Gasteiger partial charge >= 0.3 is 0 Å². The lowest BCUT2D eigenvalue weighted by Gasteiger charge is -2.28. The van der Waals surface area contributed by atoms with Crippen LogP contribution in [0.5, 0.6) is 11.5 Å². The average molecular weight is 473 g/mol. The third kappa shape index (κ3) is 5.15. The molecule has 0 radical (unpaired) electrons. The number of nitrogens with zero attached hydrogens (tertiary/aromatic N) is 1. The van der Waals surface area contributed by atoms with Gasteiger partial charge in [0, 0.05) is 0 Å². The molecule has 6 nitrogen and oxygen atoms in total. The van der Waals surface area contributed by atoms with E-state index in [4.69, 9.17) is 21.7 Å². The van der Waals surface area contributed by atoms with Crippen LogP contribution < -0.4 is 19.7 Å². The minimum atomic E-state index is -0.542. The van der Waals surface area contributed by atoms with E-state index >= 15 is 0 Å². The molecule has 1 saturated heterocycles. The summed E-state index contributed by atoms with van der Waals surface area (Å²) in [5.74, 6) is 0.0817. The molecule has 2 amide bonds. The lowest BCUT2D eigenvalue weighted by Crippen LogP contribution is -2.54. The number of aryl methyl sites for hydroxylation is 1. The Morgan fingerprint density at radius 1 is 0.941 bits per heavy atom. The number of thiocarbonyl (C=S) groups is 1. The van der Waals surface area contributed by atoms with Crippen molar-refractivity contribution in [3.8, 4) is 11.5 Å². The normalized spacial score (nSPS) is 14.8. The van der Waals surface area contributed by atoms with Gasteiger partial charge in [-0.2, -0.15) is 0 Å². The fourth-order valence-electron chi connectivity index (χ4n) is 3.60. The van der Waals surface area contributed by atoms with Gasteiger partial charge in [-0.1, -0.05) is 54.1 Å². The Labute approximate surface area is 203 Å². The molecule has 4 rings (SSSR count). The fourth-order valence-corrected chi connectivity index (χ4v) is 3.88. The van der Waals surface area contributed by atoms with Crippen LogP contribution in [0.4, 0.5) is 5.69 Å². The van der Waals surface area contributed by atoms with Crippen LogP contribution in [0.2, 0.25) is 0 Å². The summed E-state index contributed by atoms with van der Waals surface area (Å²) >= 11 is 5.24. The minimum absolute atomic E-state index is 0.0201. The molecular formula is C27H24N2O4S. The van der Waals surface area contributed by atoms with Gasteiger partial charge in [0.2, 0.25) is 0 Å². The predicted octanol–water partition coefficient (Wildman–Crippen LogP) is 4.80. The first-order valence-electron chi connectivity index (χ1n) is 10.9. The molecule has 1 heterocycles. The van der Waals surface area contributed by atoms with Crippen molar-refractivity contribution >= 4 is 40.9 Å². The van der Waals surface area contributed by atoms with E-state index < -0.39 is 11.8 Å². The molecule has 0 aliphatic carbocycles. The van der Waals surface area contributed by atoms with Crippen LogP contribution in [0.15, 0.2) is 78.4 Å². The average Bonchev–Trinajstić information content (AvgIpc) is 2.82. The van der Waals surface area contributed by atoms with Crippen LogP contribution in [0, 0.1) is 6.92 Å². The second-order valence-corrected chi connectivity index (χ2v) is 8.10. The van der Waals surface area contributed by atoms with E-state index in [2.05, 4.69) is 11.4 Å². The molecule has 1 fully saturated rings. The summed E-state index contributed by atoms with van der Waals surface area (Å²) in [6.45, 7) is 4.75. The van der Waals surface area contributed by atoms with E-state index in [1.807, 2.05) is 38.1 Å². The maximum atomic E-state index is 13.2. The van der Waals surface area contributed by atoms with Crippen LogP contribution in [-0.2, 0) is 16.2 Å². The molecule has 0 saturated carbocycles. The molecule has 34 heavy (non-hydrogen) atoms. The number of anilines is 1. The van der Waals surface area contributed by atoms with Crippen molar-refractivity contribution in [1.82, 2.24) is 5.32 Å². The number of para-hydroxylation sites is 1. The zero-order valence-electron chi connectivity index (χ0n) is 18.9. The highest BCUT2D eigenvalue weighted by atomic mass is 32.1. The third-order valence-electron chi connectivity index (χ3n) is 5.17. The maximum absolute atomic E-state index is 13.2. The largest absolute Gasteiger partial charge is 0.490 e. The first-order chi connectivity index (χ1) is 16.5. The van der Waals surface area contributed by atoms with Gasteiger partial charge in [-0.3, -0.25) is 19.8 Å². The van der Waals surface area contributed by atoms with Crippen molar-refractivity contribution in [3.63, 3.8) is 0 Å². The van der Waals surface area contributed by atoms with Crippen molar-refractivity contribution in [2.45, 2.75) is 20.5 Å². The van der Waals surface area contributed by atoms with Crippen LogP contribution in [-0.4, -0.2) is 23.5 Å². The zero-order valence-corrected chi connectivity index (χ0v) is 19.7. The number of carbonyl (C=O) groups excluding carboxylic acids is 2. The van der Waals surface area contributed by atoms with Gasteiger partial charge in [-0.15, -0.1) is 0 Å². The standard InChI is InChI=1S/C27H24N2O4S/c1-3-32-24-16-19(12-13-23(24)33-17-20-9-7-8-18(2)14-20)15-22-25(30)28-27(34)29(26(22)31)21-10-5-4-6-11-21/h4-16H,3,17H2,1-2H3,(H,28,30,34)/b22-15-. The molecule has 0 spiro atoms. The first kappa shape index (κ1) is 23.2. The molecule has 0 bridgehead atoms. The summed E-state index contributed by atoms with van der Waals surface area (Å²) in [6.07, 6.45) is 1.53. The summed E-state index contributed by atoms with van der Waals surface area (Å²) in [5.41, 5.74) is 3.40. The van der Waals surface area contributed by atoms with Gasteiger partial charge in [0.05, 0.1) is 12.3 Å². The van der Waals surface area contributed by atoms with Gasteiger partial charge in [-0.25, -0.2) is 0 Å². The van der Waals surface area contributed by atoms with E-state index in [1.54, 1.807) is 42.5 Å². The Morgan fingerprint density at radius 2 is 1.74 bits per heavy atom. The first-order valence-corrected chi connectivity index (χ1v) is 11.3. The van der Waals surface area contributed by atoms with E-state index in [0.717, 1.165) is 11.1 Å². The molecule has 1 aliphatic rings. The van der Waals surface area contributed by atoms with E-state index in [0.29, 0.717) is 36.0 Å². The number of rotatable bonds is 7. The molecule has 3 aromatic rings. The highest BCUT2D eigenvalue weighted by Crippen LogP contribution is 2.31. The summed E-state index contributed by atoms with van der Waals surface area (Å²) in [4.78, 5) is 27.1. The molecule has 0 aromatic heterocycles. The van der Waals surface area contributed by atoms with Gasteiger partial charge in [0.1, 0.15) is 12.2 Å². The Kier molecular flexibility index (Phi) is 7.04. The number of ether oxygens (including phenoxy) is 2. The molecule has 1 aliphatic heterocycles. The fraction of sp³-hybridized carbons (Fsp3) is 0.148. The number of benzene rings is 3. The monoisotopic (exact) mass is 472 g/mol. The minimum Gasteiger partial charge on any atom is -0.490 e. The zero-order chi connectivity index (χ0) is 24.1. The lowest BCUT2D eigenvalue weighted by atomic mass is 10.1. The summed E-state index contributed by atoms with van der Waals surface area (Å²) in [7, 11) is 0. The van der Waals surface area contributed by atoms with Crippen LogP contribution in [0.1, 0.15) is 23.6 Å². The predicted molar refractivity (Wildman–Crippen MR) is 136 cm³/mol. The van der Waals surface area contributed by atoms with Crippen molar-refractivity contribution < 1.29 is 19.1 Å². The van der Waals surface area contributed by atoms with E-state index in [-0.39, 0.29) is 10.7 Å². The smallest absolute Gasteiger partial charge is 0.270 e. The highest BCUT2D eigenvalue weighted by molar-refractivity contribution is 7.80. The van der Waals surface area contributed by atoms with E-state index in [9.17, 15) is 9.59 Å². The van der Waals surface area contributed by atoms with Crippen LogP contribution in [0.3, 0.4) is 0 Å². The van der Waals surface area contributed by atoms with Gasteiger partial charge in [-0.05, 0) is 67.5 Å². The molecule has 7 heteroatoms. The number of hydrogen-bond donors (Lipinski definition) is 1. The SMILES string of the molecule is CCOc1cc(/C=C2/C(=O)NC(=S)N(c3ccccc3)C2=O)ccc1OCc1cccc(C)c1. The van der Waals surface area contributed by atoms with Crippen molar-refractivity contribution in [1.29, 1.82) is 0 Å². The molecule has 1 N–H and O–H groups in total. The van der Waals surface area contributed by atoms with Gasteiger partial charge in [0.15, 0.2) is 16.6 Å². The summed E-state index contributed by atoms with van der Waals surface area (Å²) in [5, 5.41) is 2.65. The quantitative estimate of drug-likeness (QED) is 0.304. The molecular weight excluding hydrogens is 448 g/mol. The van der Waals surface area contributed by atoms with Gasteiger partial charge in [0.25, 0.3) is 11.8 Å². The number of nitrogens with one attached hydrogen (secondary N) is 1. The highest BCUT2D eigenvalue weighted by Gasteiger charge is 2.34. The second kappa shape index (κ2) is 10.3. The Morgan fingerprint density at radius 3 is 2.47 bits per heavy atom. The second-order valence-electron chi connectivity index (χ2n) is 7.71. The van der Waals surface area contributed by atoms with E-state index in [1.165, 1.54) is 11.0 Å². The van der Waals surface area contributed by atoms with Crippen molar-refractivity contribution in [2.75, 3.05) is 11.5 Å². The lowest BCUT2D eigenvalue weighted by molar-refractivity contribution is -0.122. The Bertz CT molecular complexity index is 1270. The number of hydrogen-bond acceptors (Lipinski definition) is 5. The summed E-state index contributed by atoms with van der Waals surface area (Å²) in [6, 6.07) is 22.4. The maximum Gasteiger partial charge on any atom is 0.270 e. The van der Waals surface area contributed by atoms with Gasteiger partial charge < -0.3 is 9.47 Å².